The van der Waals surface area contributed by atoms with Gasteiger partial charge in [-0.3, -0.25) is 4.79 Å². The summed E-state index contributed by atoms with van der Waals surface area (Å²) in [7, 11) is 3.39. The zero-order valence-electron chi connectivity index (χ0n) is 15.3. The van der Waals surface area contributed by atoms with Crippen LogP contribution in [0.5, 0.6) is 5.75 Å². The van der Waals surface area contributed by atoms with E-state index in [-0.39, 0.29) is 17.1 Å². The number of benzene rings is 1. The highest BCUT2D eigenvalue weighted by Crippen LogP contribution is 2.33. The molecule has 1 N–H and O–H groups in total. The molecule has 0 aromatic heterocycles. The van der Waals surface area contributed by atoms with Crippen molar-refractivity contribution in [1.82, 2.24) is 5.32 Å². The molecule has 0 saturated heterocycles. The van der Waals surface area contributed by atoms with E-state index in [1.807, 2.05) is 48.6 Å². The topological polar surface area (TPSA) is 58.4 Å². The fourth-order valence-corrected chi connectivity index (χ4v) is 4.24. The van der Waals surface area contributed by atoms with E-state index in [2.05, 4.69) is 5.32 Å². The standard InChI is InChI=1S/C21H20N2O3S/c1-23-17-12-14(20(24)22-15-6-7-15)5-10-18(17)27-19(21(23)25)11-13-3-8-16(26-2)9-4-13/h3-5,8-12,15,18H,6-7H2,1-2H3/p+1/b19-11-. The van der Waals surface area contributed by atoms with Crippen LogP contribution in [0.25, 0.3) is 6.08 Å². The number of hydrogen-bond donors (Lipinski definition) is 1. The van der Waals surface area contributed by atoms with Crippen molar-refractivity contribution in [2.75, 3.05) is 14.2 Å². The Morgan fingerprint density at radius 3 is 2.70 bits per heavy atom. The van der Waals surface area contributed by atoms with Crippen molar-refractivity contribution in [3.8, 4) is 5.75 Å². The summed E-state index contributed by atoms with van der Waals surface area (Å²) in [6, 6.07) is 7.92. The minimum Gasteiger partial charge on any atom is -0.497 e. The number of allylic oxidation sites excluding steroid dienone is 1. The predicted octanol–water partition coefficient (Wildman–Crippen LogP) is 2.54. The third kappa shape index (κ3) is 3.76. The first-order valence-corrected chi connectivity index (χ1v) is 9.81. The van der Waals surface area contributed by atoms with Crippen molar-refractivity contribution in [3.05, 3.63) is 58.5 Å². The van der Waals surface area contributed by atoms with Gasteiger partial charge in [0.1, 0.15) is 23.0 Å². The molecule has 1 aliphatic heterocycles. The van der Waals surface area contributed by atoms with Crippen LogP contribution < -0.4 is 10.1 Å². The van der Waals surface area contributed by atoms with Crippen molar-refractivity contribution in [1.29, 1.82) is 0 Å². The minimum atomic E-state index is -0.0647. The lowest BCUT2D eigenvalue weighted by atomic mass is 10.0. The Morgan fingerprint density at radius 1 is 1.30 bits per heavy atom. The first-order valence-electron chi connectivity index (χ1n) is 8.93. The van der Waals surface area contributed by atoms with E-state index in [4.69, 9.17) is 4.74 Å². The van der Waals surface area contributed by atoms with Crippen molar-refractivity contribution < 1.29 is 18.9 Å². The lowest BCUT2D eigenvalue weighted by Gasteiger charge is -2.21. The van der Waals surface area contributed by atoms with Gasteiger partial charge in [-0.25, -0.2) is 4.79 Å². The van der Waals surface area contributed by atoms with Gasteiger partial charge in [0.2, 0.25) is 5.71 Å². The Kier molecular flexibility index (Phi) is 4.74. The molecule has 2 amide bonds. The third-order valence-electron chi connectivity index (χ3n) is 4.79. The van der Waals surface area contributed by atoms with Crippen molar-refractivity contribution >= 4 is 35.4 Å². The average Bonchev–Trinajstić information content (AvgIpc) is 3.50. The van der Waals surface area contributed by atoms with E-state index in [1.54, 1.807) is 18.7 Å². The van der Waals surface area contributed by atoms with Crippen molar-refractivity contribution in [2.24, 2.45) is 0 Å². The molecule has 5 nitrogen and oxygen atoms in total. The van der Waals surface area contributed by atoms with E-state index in [9.17, 15) is 9.59 Å². The molecule has 0 spiro atoms. The number of carbonyl (C=O) groups is 2. The Balaban J connectivity index is 1.59. The van der Waals surface area contributed by atoms with Crippen LogP contribution in [0.3, 0.4) is 0 Å². The van der Waals surface area contributed by atoms with Gasteiger partial charge in [-0.05, 0) is 36.6 Å². The lowest BCUT2D eigenvalue weighted by molar-refractivity contribution is -0.413. The van der Waals surface area contributed by atoms with Gasteiger partial charge >= 0.3 is 5.91 Å². The van der Waals surface area contributed by atoms with Crippen LogP contribution >= 0.6 is 11.8 Å². The summed E-state index contributed by atoms with van der Waals surface area (Å²) < 4.78 is 6.82. The first-order chi connectivity index (χ1) is 13.0. The lowest BCUT2D eigenvalue weighted by Crippen LogP contribution is -2.37. The van der Waals surface area contributed by atoms with Crippen LogP contribution in [-0.4, -0.2) is 47.6 Å². The number of hydrogen-bond acceptors (Lipinski definition) is 4. The highest BCUT2D eigenvalue weighted by molar-refractivity contribution is 8.05. The number of methoxy groups -OCH3 is 1. The molecule has 1 atom stereocenters. The second-order valence-electron chi connectivity index (χ2n) is 6.82. The summed E-state index contributed by atoms with van der Waals surface area (Å²) in [5.74, 6) is 0.658. The molecule has 1 fully saturated rings. The number of amides is 2. The summed E-state index contributed by atoms with van der Waals surface area (Å²) in [4.78, 5) is 25.8. The van der Waals surface area contributed by atoms with Crippen LogP contribution in [-0.2, 0) is 9.59 Å². The first kappa shape index (κ1) is 17.8. The monoisotopic (exact) mass is 381 g/mol. The van der Waals surface area contributed by atoms with Gasteiger partial charge in [-0.15, -0.1) is 0 Å². The Hall–Kier alpha value is -2.60. The predicted molar refractivity (Wildman–Crippen MR) is 107 cm³/mol. The van der Waals surface area contributed by atoms with E-state index >= 15 is 0 Å². The molecule has 6 heteroatoms. The van der Waals surface area contributed by atoms with Gasteiger partial charge in [-0.1, -0.05) is 36.0 Å². The number of fused-ring (bicyclic) bond motifs is 1. The summed E-state index contributed by atoms with van der Waals surface area (Å²) in [5.41, 5.74) is 2.40. The van der Waals surface area contributed by atoms with Gasteiger partial charge in [0.25, 0.3) is 5.91 Å². The molecule has 3 aliphatic rings. The molecule has 1 heterocycles. The largest absolute Gasteiger partial charge is 0.497 e. The second-order valence-corrected chi connectivity index (χ2v) is 8.00. The maximum Gasteiger partial charge on any atom is 0.425 e. The molecule has 1 unspecified atom stereocenters. The molecular weight excluding hydrogens is 360 g/mol. The molecule has 4 rings (SSSR count). The molecule has 1 aromatic carbocycles. The number of thioether (sulfide) groups is 1. The van der Waals surface area contributed by atoms with E-state index in [0.29, 0.717) is 16.5 Å². The normalized spacial score (nSPS) is 23.2. The number of rotatable bonds is 4. The molecular formula is C21H21N2O3S+. The molecule has 0 bridgehead atoms. The third-order valence-corrected chi connectivity index (χ3v) is 5.99. The maximum atomic E-state index is 12.8. The molecule has 138 valence electrons. The van der Waals surface area contributed by atoms with Gasteiger partial charge < -0.3 is 10.1 Å². The second kappa shape index (κ2) is 7.19. The van der Waals surface area contributed by atoms with E-state index < -0.39 is 0 Å². The average molecular weight is 381 g/mol. The quantitative estimate of drug-likeness (QED) is 0.643. The molecule has 2 aliphatic carbocycles. The fourth-order valence-electron chi connectivity index (χ4n) is 3.02. The van der Waals surface area contributed by atoms with E-state index in [0.717, 1.165) is 29.9 Å². The highest BCUT2D eigenvalue weighted by Gasteiger charge is 2.38. The maximum absolute atomic E-state index is 12.8. The Bertz CT molecular complexity index is 921. The zero-order chi connectivity index (χ0) is 19.0. The fraction of sp³-hybridized carbons (Fsp3) is 0.286. The smallest absolute Gasteiger partial charge is 0.425 e. The van der Waals surface area contributed by atoms with Crippen LogP contribution in [0.15, 0.2) is 53.0 Å². The number of nitrogens with zero attached hydrogens (tertiary/aromatic N) is 1. The highest BCUT2D eigenvalue weighted by atomic mass is 32.2. The van der Waals surface area contributed by atoms with Crippen LogP contribution in [0, 0.1) is 0 Å². The van der Waals surface area contributed by atoms with Gasteiger partial charge in [0, 0.05) is 17.7 Å². The van der Waals surface area contributed by atoms with Crippen LogP contribution in [0.4, 0.5) is 0 Å². The van der Waals surface area contributed by atoms with Crippen LogP contribution in [0.2, 0.25) is 0 Å². The summed E-state index contributed by atoms with van der Waals surface area (Å²) in [6.45, 7) is 0. The van der Waals surface area contributed by atoms with Gasteiger partial charge in [-0.2, -0.15) is 4.58 Å². The molecule has 27 heavy (non-hydrogen) atoms. The molecule has 1 saturated carbocycles. The molecule has 0 radical (unpaired) electrons. The Labute approximate surface area is 162 Å². The minimum absolute atomic E-state index is 0.0228. The zero-order valence-corrected chi connectivity index (χ0v) is 16.1. The van der Waals surface area contributed by atoms with Crippen LogP contribution in [0.1, 0.15) is 18.4 Å². The summed E-state index contributed by atoms with van der Waals surface area (Å²) >= 11 is 1.51. The summed E-state index contributed by atoms with van der Waals surface area (Å²) in [6.07, 6.45) is 9.68. The number of carbonyl (C=O) groups excluding carboxylic acids is 2. The number of likely N-dealkylation sites (N-methyl/N-ethyl adjacent to an activating group) is 1. The number of nitrogens with one attached hydrogen (secondary N) is 1. The SMILES string of the molecule is COc1ccc(/C=C2\SC3C=CC(C(=O)NC4CC4)=CC3=[N+](C)C2=O)cc1. The van der Waals surface area contributed by atoms with Gasteiger partial charge in [0.05, 0.1) is 7.11 Å². The number of ether oxygens (including phenoxy) is 1. The Morgan fingerprint density at radius 2 is 2.04 bits per heavy atom. The summed E-state index contributed by atoms with van der Waals surface area (Å²) in [5, 5.41) is 3.02. The van der Waals surface area contributed by atoms with Crippen molar-refractivity contribution in [2.45, 2.75) is 24.1 Å². The molecule has 1 aromatic rings. The van der Waals surface area contributed by atoms with E-state index in [1.165, 1.54) is 11.8 Å². The van der Waals surface area contributed by atoms with Gasteiger partial charge in [0.15, 0.2) is 0 Å². The van der Waals surface area contributed by atoms with Crippen molar-refractivity contribution in [3.63, 3.8) is 0 Å².